The first-order valence-electron chi connectivity index (χ1n) is 7.80. The molecule has 2 aromatic rings. The minimum atomic E-state index is -0.534. The fraction of sp³-hybridized carbons (Fsp3) is 0.316. The lowest BCUT2D eigenvalue weighted by atomic mass is 10.1. The van der Waals surface area contributed by atoms with Gasteiger partial charge in [0, 0.05) is 6.07 Å². The van der Waals surface area contributed by atoms with E-state index in [2.05, 4.69) is 5.32 Å². The number of ether oxygens (including phenoxy) is 2. The van der Waals surface area contributed by atoms with Gasteiger partial charge in [0.1, 0.15) is 11.5 Å². The predicted molar refractivity (Wildman–Crippen MR) is 90.7 cm³/mol. The Bertz CT molecular complexity index is 628. The number of benzene rings is 2. The molecule has 2 rings (SSSR count). The van der Waals surface area contributed by atoms with Gasteiger partial charge in [-0.1, -0.05) is 43.3 Å². The summed E-state index contributed by atoms with van der Waals surface area (Å²) in [6.07, 6.45) is 0.0538. The van der Waals surface area contributed by atoms with Gasteiger partial charge in [-0.15, -0.1) is 0 Å². The Balaban J connectivity index is 2.00. The predicted octanol–water partition coefficient (Wildman–Crippen LogP) is 3.73. The van der Waals surface area contributed by atoms with E-state index >= 15 is 0 Å². The highest BCUT2D eigenvalue weighted by Crippen LogP contribution is 2.21. The SMILES string of the molecule is CC[C@@H](Oc1cccc(OC)c1)C(=O)N[C@@H](C)c1ccccc1. The number of carbonyl (C=O) groups excluding carboxylic acids is 1. The molecule has 0 saturated heterocycles. The summed E-state index contributed by atoms with van der Waals surface area (Å²) in [4.78, 5) is 12.4. The highest BCUT2D eigenvalue weighted by molar-refractivity contribution is 5.81. The van der Waals surface area contributed by atoms with Crippen LogP contribution in [0.1, 0.15) is 31.9 Å². The van der Waals surface area contributed by atoms with E-state index in [1.807, 2.05) is 62.4 Å². The molecule has 0 saturated carbocycles. The van der Waals surface area contributed by atoms with Crippen molar-refractivity contribution in [2.75, 3.05) is 7.11 Å². The molecule has 4 nitrogen and oxygen atoms in total. The molecule has 1 amide bonds. The molecule has 1 N–H and O–H groups in total. The van der Waals surface area contributed by atoms with Crippen LogP contribution in [0.4, 0.5) is 0 Å². The molecular formula is C19H23NO3. The number of methoxy groups -OCH3 is 1. The van der Waals surface area contributed by atoms with Crippen molar-refractivity contribution in [2.24, 2.45) is 0 Å². The van der Waals surface area contributed by atoms with Crippen molar-refractivity contribution in [1.29, 1.82) is 0 Å². The van der Waals surface area contributed by atoms with Crippen LogP contribution in [0.25, 0.3) is 0 Å². The number of hydrogen-bond donors (Lipinski definition) is 1. The summed E-state index contributed by atoms with van der Waals surface area (Å²) in [5, 5.41) is 3.00. The number of hydrogen-bond acceptors (Lipinski definition) is 3. The lowest BCUT2D eigenvalue weighted by Crippen LogP contribution is -2.39. The Morgan fingerprint density at radius 2 is 1.78 bits per heavy atom. The fourth-order valence-corrected chi connectivity index (χ4v) is 2.29. The summed E-state index contributed by atoms with van der Waals surface area (Å²) in [7, 11) is 1.60. The van der Waals surface area contributed by atoms with Gasteiger partial charge in [0.05, 0.1) is 13.2 Å². The molecule has 0 unspecified atom stereocenters. The monoisotopic (exact) mass is 313 g/mol. The van der Waals surface area contributed by atoms with Crippen LogP contribution in [0, 0.1) is 0 Å². The number of rotatable bonds is 7. The molecule has 4 heteroatoms. The van der Waals surface area contributed by atoms with E-state index in [1.165, 1.54) is 0 Å². The molecule has 2 atom stereocenters. The average molecular weight is 313 g/mol. The Hall–Kier alpha value is -2.49. The van der Waals surface area contributed by atoms with Crippen molar-refractivity contribution >= 4 is 5.91 Å². The van der Waals surface area contributed by atoms with Crippen LogP contribution in [0.15, 0.2) is 54.6 Å². The van der Waals surface area contributed by atoms with Gasteiger partial charge in [0.25, 0.3) is 5.91 Å². The van der Waals surface area contributed by atoms with Gasteiger partial charge in [0.15, 0.2) is 6.10 Å². The van der Waals surface area contributed by atoms with Gasteiger partial charge in [0.2, 0.25) is 0 Å². The van der Waals surface area contributed by atoms with E-state index in [1.54, 1.807) is 13.2 Å². The largest absolute Gasteiger partial charge is 0.497 e. The van der Waals surface area contributed by atoms with Crippen LogP contribution in [-0.4, -0.2) is 19.1 Å². The molecule has 23 heavy (non-hydrogen) atoms. The summed E-state index contributed by atoms with van der Waals surface area (Å²) in [6, 6.07) is 17.1. The fourth-order valence-electron chi connectivity index (χ4n) is 2.29. The van der Waals surface area contributed by atoms with Crippen molar-refractivity contribution in [2.45, 2.75) is 32.4 Å². The van der Waals surface area contributed by atoms with Crippen LogP contribution in [0.3, 0.4) is 0 Å². The summed E-state index contributed by atoms with van der Waals surface area (Å²) in [5.41, 5.74) is 1.07. The Morgan fingerprint density at radius 3 is 2.43 bits per heavy atom. The van der Waals surface area contributed by atoms with Gasteiger partial charge in [-0.05, 0) is 31.0 Å². The molecular weight excluding hydrogens is 290 g/mol. The average Bonchev–Trinajstić information content (AvgIpc) is 2.60. The highest BCUT2D eigenvalue weighted by Gasteiger charge is 2.20. The minimum absolute atomic E-state index is 0.0633. The Kier molecular flexibility index (Phi) is 6.03. The van der Waals surface area contributed by atoms with E-state index in [9.17, 15) is 4.79 Å². The molecule has 0 radical (unpaired) electrons. The summed E-state index contributed by atoms with van der Waals surface area (Å²) in [6.45, 7) is 3.89. The van der Waals surface area contributed by atoms with Crippen molar-refractivity contribution in [3.63, 3.8) is 0 Å². The quantitative estimate of drug-likeness (QED) is 0.847. The third-order valence-electron chi connectivity index (χ3n) is 3.64. The maximum atomic E-state index is 12.4. The van der Waals surface area contributed by atoms with Gasteiger partial charge < -0.3 is 14.8 Å². The first kappa shape index (κ1) is 16.9. The zero-order valence-corrected chi connectivity index (χ0v) is 13.8. The smallest absolute Gasteiger partial charge is 0.261 e. The molecule has 0 fully saturated rings. The number of carbonyl (C=O) groups is 1. The van der Waals surface area contributed by atoms with Crippen LogP contribution in [-0.2, 0) is 4.79 Å². The van der Waals surface area contributed by atoms with Crippen molar-refractivity contribution in [1.82, 2.24) is 5.32 Å². The maximum absolute atomic E-state index is 12.4. The second-order valence-electron chi connectivity index (χ2n) is 5.33. The Labute approximate surface area is 137 Å². The second-order valence-corrected chi connectivity index (χ2v) is 5.33. The second kappa shape index (κ2) is 8.22. The van der Waals surface area contributed by atoms with E-state index in [-0.39, 0.29) is 11.9 Å². The van der Waals surface area contributed by atoms with Crippen molar-refractivity contribution in [3.8, 4) is 11.5 Å². The molecule has 0 aromatic heterocycles. The van der Waals surface area contributed by atoms with Crippen molar-refractivity contribution in [3.05, 3.63) is 60.2 Å². The molecule has 0 heterocycles. The summed E-state index contributed by atoms with van der Waals surface area (Å²) in [5.74, 6) is 1.21. The van der Waals surface area contributed by atoms with E-state index in [0.717, 1.165) is 5.56 Å². The molecule has 0 spiro atoms. The normalized spacial score (nSPS) is 13.0. The molecule has 0 aliphatic heterocycles. The van der Waals surface area contributed by atoms with Crippen LogP contribution >= 0.6 is 0 Å². The van der Waals surface area contributed by atoms with E-state index < -0.39 is 6.10 Å². The van der Waals surface area contributed by atoms with Gasteiger partial charge in [-0.3, -0.25) is 4.79 Å². The maximum Gasteiger partial charge on any atom is 0.261 e. The van der Waals surface area contributed by atoms with Gasteiger partial charge in [-0.2, -0.15) is 0 Å². The number of nitrogens with one attached hydrogen (secondary N) is 1. The zero-order valence-electron chi connectivity index (χ0n) is 13.8. The topological polar surface area (TPSA) is 47.6 Å². The van der Waals surface area contributed by atoms with E-state index in [4.69, 9.17) is 9.47 Å². The third-order valence-corrected chi connectivity index (χ3v) is 3.64. The standard InChI is InChI=1S/C19H23NO3/c1-4-18(23-17-12-8-11-16(13-17)22-3)19(21)20-14(2)15-9-6-5-7-10-15/h5-14,18H,4H2,1-3H3,(H,20,21)/t14-,18+/m0/s1. The number of amides is 1. The molecule has 2 aromatic carbocycles. The minimum Gasteiger partial charge on any atom is -0.497 e. The third kappa shape index (κ3) is 4.74. The van der Waals surface area contributed by atoms with Crippen LogP contribution in [0.5, 0.6) is 11.5 Å². The first-order valence-corrected chi connectivity index (χ1v) is 7.80. The zero-order chi connectivity index (χ0) is 16.7. The van der Waals surface area contributed by atoms with Crippen LogP contribution in [0.2, 0.25) is 0 Å². The van der Waals surface area contributed by atoms with E-state index in [0.29, 0.717) is 17.9 Å². The Morgan fingerprint density at radius 1 is 1.09 bits per heavy atom. The van der Waals surface area contributed by atoms with Gasteiger partial charge in [-0.25, -0.2) is 0 Å². The highest BCUT2D eigenvalue weighted by atomic mass is 16.5. The first-order chi connectivity index (χ1) is 11.1. The molecule has 122 valence electrons. The molecule has 0 aliphatic rings. The summed E-state index contributed by atoms with van der Waals surface area (Å²) >= 11 is 0. The van der Waals surface area contributed by atoms with Crippen molar-refractivity contribution < 1.29 is 14.3 Å². The lowest BCUT2D eigenvalue weighted by Gasteiger charge is -2.21. The molecule has 0 aliphatic carbocycles. The van der Waals surface area contributed by atoms with Crippen LogP contribution < -0.4 is 14.8 Å². The summed E-state index contributed by atoms with van der Waals surface area (Å²) < 4.78 is 11.0. The molecule has 0 bridgehead atoms. The lowest BCUT2D eigenvalue weighted by molar-refractivity contribution is -0.128. The van der Waals surface area contributed by atoms with Gasteiger partial charge >= 0.3 is 0 Å².